The zero-order valence-electron chi connectivity index (χ0n) is 12.1. The Balaban J connectivity index is 0.00000324. The van der Waals surface area contributed by atoms with Crippen LogP contribution < -0.4 is 10.6 Å². The fraction of sp³-hybridized carbons (Fsp3) is 0.846. The van der Waals surface area contributed by atoms with Gasteiger partial charge in [-0.1, -0.05) is 6.92 Å². The van der Waals surface area contributed by atoms with Crippen LogP contribution in [0.3, 0.4) is 0 Å². The maximum atomic E-state index is 11.9. The van der Waals surface area contributed by atoms with E-state index >= 15 is 0 Å². The summed E-state index contributed by atoms with van der Waals surface area (Å²) in [4.78, 5) is 25.0. The topological polar surface area (TPSA) is 61.4 Å². The molecule has 1 heterocycles. The van der Waals surface area contributed by atoms with E-state index in [1.165, 1.54) is 6.42 Å². The predicted molar refractivity (Wildman–Crippen MR) is 78.3 cm³/mol. The highest BCUT2D eigenvalue weighted by Gasteiger charge is 2.19. The minimum atomic E-state index is -0.155. The van der Waals surface area contributed by atoms with Crippen molar-refractivity contribution in [3.63, 3.8) is 0 Å². The van der Waals surface area contributed by atoms with Gasteiger partial charge in [0.2, 0.25) is 11.8 Å². The summed E-state index contributed by atoms with van der Waals surface area (Å²) in [6.07, 6.45) is 2.71. The first-order chi connectivity index (χ1) is 8.54. The number of nitrogens with one attached hydrogen (secondary N) is 2. The van der Waals surface area contributed by atoms with Crippen LogP contribution >= 0.6 is 12.4 Å². The molecule has 1 aliphatic rings. The monoisotopic (exact) mass is 291 g/mol. The first kappa shape index (κ1) is 18.2. The fourth-order valence-electron chi connectivity index (χ4n) is 2.32. The third kappa shape index (κ3) is 6.25. The highest BCUT2D eigenvalue weighted by molar-refractivity contribution is 5.85. The first-order valence-corrected chi connectivity index (χ1v) is 6.70. The Morgan fingerprint density at radius 2 is 2.16 bits per heavy atom. The molecule has 0 aromatic heterocycles. The van der Waals surface area contributed by atoms with Gasteiger partial charge in [0.25, 0.3) is 0 Å². The Labute approximate surface area is 121 Å². The molecule has 112 valence electrons. The van der Waals surface area contributed by atoms with Gasteiger partial charge in [0.1, 0.15) is 0 Å². The number of hydrogen-bond acceptors (Lipinski definition) is 3. The van der Waals surface area contributed by atoms with Gasteiger partial charge < -0.3 is 15.5 Å². The van der Waals surface area contributed by atoms with Crippen molar-refractivity contribution in [2.24, 2.45) is 11.8 Å². The summed E-state index contributed by atoms with van der Waals surface area (Å²) in [5.41, 5.74) is 0. The molecule has 2 N–H and O–H groups in total. The van der Waals surface area contributed by atoms with Gasteiger partial charge in [0.15, 0.2) is 0 Å². The third-order valence-corrected chi connectivity index (χ3v) is 3.60. The minimum Gasteiger partial charge on any atom is -0.359 e. The molecule has 6 heteroatoms. The van der Waals surface area contributed by atoms with Crippen LogP contribution in [0.1, 0.15) is 26.2 Å². The molecule has 0 saturated carbocycles. The van der Waals surface area contributed by atoms with Crippen molar-refractivity contribution >= 4 is 24.2 Å². The summed E-state index contributed by atoms with van der Waals surface area (Å²) in [5, 5.41) is 5.90. The molecule has 2 amide bonds. The number of nitrogens with zero attached hydrogens (tertiary/aromatic N) is 1. The zero-order valence-corrected chi connectivity index (χ0v) is 12.9. The van der Waals surface area contributed by atoms with Gasteiger partial charge in [0, 0.05) is 27.1 Å². The van der Waals surface area contributed by atoms with Crippen molar-refractivity contribution in [2.45, 2.75) is 26.2 Å². The van der Waals surface area contributed by atoms with E-state index in [0.29, 0.717) is 18.9 Å². The highest BCUT2D eigenvalue weighted by atomic mass is 35.5. The Morgan fingerprint density at radius 3 is 2.68 bits per heavy atom. The van der Waals surface area contributed by atoms with E-state index in [9.17, 15) is 9.59 Å². The molecule has 0 aromatic carbocycles. The minimum absolute atomic E-state index is 0. The summed E-state index contributed by atoms with van der Waals surface area (Å²) in [6, 6.07) is 0. The number of hydrogen-bond donors (Lipinski definition) is 2. The van der Waals surface area contributed by atoms with Crippen LogP contribution in [0.15, 0.2) is 0 Å². The molecular formula is C13H26ClN3O2. The van der Waals surface area contributed by atoms with Crippen LogP contribution in [0.2, 0.25) is 0 Å². The summed E-state index contributed by atoms with van der Waals surface area (Å²) in [5.74, 6) is 0.600. The number of rotatable bonds is 6. The van der Waals surface area contributed by atoms with Crippen LogP contribution in [-0.2, 0) is 9.59 Å². The number of carbonyl (C=O) groups is 2. The van der Waals surface area contributed by atoms with E-state index in [0.717, 1.165) is 19.5 Å². The van der Waals surface area contributed by atoms with E-state index in [1.54, 1.807) is 19.0 Å². The summed E-state index contributed by atoms with van der Waals surface area (Å²) in [7, 11) is 3.39. The molecule has 0 aromatic rings. The largest absolute Gasteiger partial charge is 0.359 e. The van der Waals surface area contributed by atoms with E-state index in [-0.39, 0.29) is 30.1 Å². The fourth-order valence-corrected chi connectivity index (χ4v) is 2.32. The van der Waals surface area contributed by atoms with Crippen LogP contribution in [0, 0.1) is 11.8 Å². The lowest BCUT2D eigenvalue weighted by atomic mass is 10.0. The molecular weight excluding hydrogens is 266 g/mol. The molecule has 1 fully saturated rings. The molecule has 5 nitrogen and oxygen atoms in total. The molecule has 0 bridgehead atoms. The molecule has 1 rings (SSSR count). The van der Waals surface area contributed by atoms with Gasteiger partial charge in [-0.05, 0) is 31.8 Å². The maximum Gasteiger partial charge on any atom is 0.224 e. The van der Waals surface area contributed by atoms with Crippen molar-refractivity contribution in [3.8, 4) is 0 Å². The second-order valence-electron chi connectivity index (χ2n) is 5.19. The van der Waals surface area contributed by atoms with Gasteiger partial charge in [-0.15, -0.1) is 12.4 Å². The Morgan fingerprint density at radius 1 is 1.47 bits per heavy atom. The van der Waals surface area contributed by atoms with Gasteiger partial charge in [-0.2, -0.15) is 0 Å². The second kappa shape index (κ2) is 9.15. The summed E-state index contributed by atoms with van der Waals surface area (Å²) < 4.78 is 0. The van der Waals surface area contributed by atoms with Crippen molar-refractivity contribution in [1.82, 2.24) is 15.5 Å². The average molecular weight is 292 g/mol. The SMILES string of the molecule is CNC(=O)C(C)CN(C)C(=O)CCC1CCNC1.Cl. The summed E-state index contributed by atoms with van der Waals surface area (Å²) >= 11 is 0. The van der Waals surface area contributed by atoms with E-state index < -0.39 is 0 Å². The molecule has 2 atom stereocenters. The van der Waals surface area contributed by atoms with Crippen molar-refractivity contribution in [2.75, 3.05) is 33.7 Å². The van der Waals surface area contributed by atoms with Crippen molar-refractivity contribution < 1.29 is 9.59 Å². The normalized spacial score (nSPS) is 19.4. The Hall–Kier alpha value is -0.810. The zero-order chi connectivity index (χ0) is 13.5. The lowest BCUT2D eigenvalue weighted by Crippen LogP contribution is -2.37. The van der Waals surface area contributed by atoms with Crippen molar-refractivity contribution in [3.05, 3.63) is 0 Å². The van der Waals surface area contributed by atoms with Crippen LogP contribution in [0.25, 0.3) is 0 Å². The molecule has 1 saturated heterocycles. The van der Waals surface area contributed by atoms with Crippen LogP contribution in [-0.4, -0.2) is 50.4 Å². The Bertz CT molecular complexity index is 294. The Kier molecular flexibility index (Phi) is 8.76. The lowest BCUT2D eigenvalue weighted by molar-refractivity contribution is -0.132. The summed E-state index contributed by atoms with van der Waals surface area (Å²) in [6.45, 7) is 4.43. The van der Waals surface area contributed by atoms with Gasteiger partial charge in [-0.3, -0.25) is 9.59 Å². The molecule has 2 unspecified atom stereocenters. The van der Waals surface area contributed by atoms with Gasteiger partial charge in [-0.25, -0.2) is 0 Å². The molecule has 0 aliphatic carbocycles. The number of halogens is 1. The van der Waals surface area contributed by atoms with Crippen LogP contribution in [0.4, 0.5) is 0 Å². The second-order valence-corrected chi connectivity index (χ2v) is 5.19. The van der Waals surface area contributed by atoms with Gasteiger partial charge in [0.05, 0.1) is 5.92 Å². The van der Waals surface area contributed by atoms with Gasteiger partial charge >= 0.3 is 0 Å². The third-order valence-electron chi connectivity index (χ3n) is 3.60. The standard InChI is InChI=1S/C13H25N3O2.ClH/c1-10(13(18)14-2)9-16(3)12(17)5-4-11-6-7-15-8-11;/h10-11,15H,4-9H2,1-3H3,(H,14,18);1H. The molecule has 19 heavy (non-hydrogen) atoms. The quantitative estimate of drug-likeness (QED) is 0.755. The molecule has 0 spiro atoms. The average Bonchev–Trinajstić information content (AvgIpc) is 2.87. The van der Waals surface area contributed by atoms with Crippen LogP contribution in [0.5, 0.6) is 0 Å². The number of carbonyl (C=O) groups excluding carboxylic acids is 2. The predicted octanol–water partition coefficient (Wildman–Crippen LogP) is 0.638. The lowest BCUT2D eigenvalue weighted by Gasteiger charge is -2.21. The van der Waals surface area contributed by atoms with E-state index in [4.69, 9.17) is 0 Å². The smallest absolute Gasteiger partial charge is 0.224 e. The van der Waals surface area contributed by atoms with E-state index in [1.807, 2.05) is 6.92 Å². The molecule has 1 aliphatic heterocycles. The number of amides is 2. The van der Waals surface area contributed by atoms with Crippen molar-refractivity contribution in [1.29, 1.82) is 0 Å². The maximum absolute atomic E-state index is 11.9. The molecule has 0 radical (unpaired) electrons. The highest BCUT2D eigenvalue weighted by Crippen LogP contribution is 2.15. The van der Waals surface area contributed by atoms with E-state index in [2.05, 4.69) is 10.6 Å². The first-order valence-electron chi connectivity index (χ1n) is 6.70.